The summed E-state index contributed by atoms with van der Waals surface area (Å²) in [5.74, 6) is -0.480. The first kappa shape index (κ1) is 18.3. The number of carbonyl (C=O) groups excluding carboxylic acids is 1. The second-order valence-corrected chi connectivity index (χ2v) is 6.59. The molecule has 6 nitrogen and oxygen atoms in total. The highest BCUT2D eigenvalue weighted by Gasteiger charge is 2.32. The van der Waals surface area contributed by atoms with Crippen LogP contribution in [0.4, 0.5) is 4.79 Å². The van der Waals surface area contributed by atoms with Gasteiger partial charge in [-0.3, -0.25) is 4.79 Å². The Labute approximate surface area is 142 Å². The molecule has 1 aromatic rings. The lowest BCUT2D eigenvalue weighted by molar-refractivity contribution is -0.137. The van der Waals surface area contributed by atoms with E-state index < -0.39 is 5.97 Å². The van der Waals surface area contributed by atoms with Crippen molar-refractivity contribution >= 4 is 12.0 Å². The molecule has 0 bridgehead atoms. The van der Waals surface area contributed by atoms with Gasteiger partial charge in [0, 0.05) is 38.1 Å². The number of nitrogens with zero attached hydrogens (tertiary/aromatic N) is 1. The molecule has 1 aliphatic heterocycles. The molecular weight excluding hydrogens is 308 g/mol. The Bertz CT molecular complexity index is 549. The van der Waals surface area contributed by atoms with E-state index in [0.29, 0.717) is 25.9 Å². The average molecular weight is 334 g/mol. The van der Waals surface area contributed by atoms with Crippen LogP contribution in [0.25, 0.3) is 0 Å². The Morgan fingerprint density at radius 1 is 1.29 bits per heavy atom. The molecule has 0 aromatic heterocycles. The molecule has 6 heteroatoms. The molecule has 1 fully saturated rings. The molecule has 24 heavy (non-hydrogen) atoms. The highest BCUT2D eigenvalue weighted by molar-refractivity contribution is 5.75. The predicted molar refractivity (Wildman–Crippen MR) is 90.6 cm³/mol. The van der Waals surface area contributed by atoms with Crippen molar-refractivity contribution in [3.63, 3.8) is 0 Å². The molecule has 1 aliphatic rings. The van der Waals surface area contributed by atoms with Crippen LogP contribution in [0.3, 0.4) is 0 Å². The van der Waals surface area contributed by atoms with Crippen LogP contribution in [-0.2, 0) is 11.2 Å². The van der Waals surface area contributed by atoms with Crippen LogP contribution in [0.1, 0.15) is 25.3 Å². The van der Waals surface area contributed by atoms with Gasteiger partial charge in [0.15, 0.2) is 0 Å². The van der Waals surface area contributed by atoms with Crippen molar-refractivity contribution in [3.05, 3.63) is 35.9 Å². The van der Waals surface area contributed by atoms with Gasteiger partial charge in [-0.2, -0.15) is 0 Å². The molecule has 1 aromatic carbocycles. The molecule has 3 atom stereocenters. The Balaban J connectivity index is 1.96. The Morgan fingerprint density at radius 3 is 2.58 bits per heavy atom. The summed E-state index contributed by atoms with van der Waals surface area (Å²) in [5, 5.41) is 21.2. The number of nitrogens with one attached hydrogen (secondary N) is 1. The third-order valence-electron chi connectivity index (χ3n) is 4.65. The molecule has 0 spiro atoms. The van der Waals surface area contributed by atoms with E-state index in [4.69, 9.17) is 5.11 Å². The number of carboxylic acids is 1. The number of benzene rings is 1. The number of carbonyl (C=O) groups is 2. The first-order valence-corrected chi connectivity index (χ1v) is 8.41. The van der Waals surface area contributed by atoms with E-state index in [9.17, 15) is 14.7 Å². The molecule has 2 rings (SSSR count). The van der Waals surface area contributed by atoms with Crippen molar-refractivity contribution in [2.24, 2.45) is 11.8 Å². The van der Waals surface area contributed by atoms with Crippen molar-refractivity contribution in [1.29, 1.82) is 0 Å². The van der Waals surface area contributed by atoms with Gasteiger partial charge in [0.25, 0.3) is 0 Å². The fraction of sp³-hybridized carbons (Fsp3) is 0.556. The first-order valence-electron chi connectivity index (χ1n) is 8.41. The monoisotopic (exact) mass is 334 g/mol. The van der Waals surface area contributed by atoms with Crippen LogP contribution in [0.15, 0.2) is 30.3 Å². The fourth-order valence-corrected chi connectivity index (χ4v) is 3.13. The van der Waals surface area contributed by atoms with Crippen LogP contribution in [0.2, 0.25) is 0 Å². The van der Waals surface area contributed by atoms with E-state index in [1.165, 1.54) is 0 Å². The van der Waals surface area contributed by atoms with Crippen molar-refractivity contribution in [2.45, 2.75) is 32.2 Å². The number of aliphatic carboxylic acids is 1. The van der Waals surface area contributed by atoms with Crippen LogP contribution < -0.4 is 5.32 Å². The summed E-state index contributed by atoms with van der Waals surface area (Å²) in [7, 11) is 0. The van der Waals surface area contributed by atoms with Crippen molar-refractivity contribution in [3.8, 4) is 0 Å². The number of aliphatic hydroxyl groups is 1. The third kappa shape index (κ3) is 5.23. The first-order chi connectivity index (χ1) is 11.5. The van der Waals surface area contributed by atoms with Crippen molar-refractivity contribution in [2.75, 3.05) is 19.7 Å². The van der Waals surface area contributed by atoms with Crippen LogP contribution in [-0.4, -0.2) is 52.9 Å². The summed E-state index contributed by atoms with van der Waals surface area (Å²) in [6.45, 7) is 3.27. The van der Waals surface area contributed by atoms with Gasteiger partial charge in [-0.15, -0.1) is 0 Å². The number of amides is 2. The van der Waals surface area contributed by atoms with Crippen molar-refractivity contribution < 1.29 is 19.8 Å². The summed E-state index contributed by atoms with van der Waals surface area (Å²) in [6.07, 6.45) is 1.02. The minimum Gasteiger partial charge on any atom is -0.481 e. The summed E-state index contributed by atoms with van der Waals surface area (Å²) in [6, 6.07) is 9.33. The summed E-state index contributed by atoms with van der Waals surface area (Å²) < 4.78 is 0. The number of aliphatic hydroxyl groups excluding tert-OH is 1. The van der Waals surface area contributed by atoms with E-state index in [-0.39, 0.29) is 36.9 Å². The maximum Gasteiger partial charge on any atom is 0.317 e. The normalized spacial score (nSPS) is 21.5. The molecule has 2 amide bonds. The standard InChI is InChI=1S/C18H26N2O4/c1-13-10-20(11-15(13)12-21)18(24)19-16(7-8-17(22)23)9-14-5-3-2-4-6-14/h2-6,13,15-16,21H,7-12H2,1H3,(H,19,24)(H,22,23)/t13-,15+,16?/m1/s1. The molecule has 1 heterocycles. The fourth-order valence-electron chi connectivity index (χ4n) is 3.13. The number of carboxylic acid groups (broad SMARTS) is 1. The second kappa shape index (κ2) is 8.68. The molecule has 0 aliphatic carbocycles. The molecule has 1 unspecified atom stereocenters. The SMILES string of the molecule is C[C@@H]1CN(C(=O)NC(CCC(=O)O)Cc2ccccc2)C[C@H]1CO. The maximum atomic E-state index is 12.5. The molecule has 3 N–H and O–H groups in total. The van der Waals surface area contributed by atoms with Gasteiger partial charge in [-0.1, -0.05) is 37.3 Å². The lowest BCUT2D eigenvalue weighted by Crippen LogP contribution is -2.45. The smallest absolute Gasteiger partial charge is 0.317 e. The number of urea groups is 1. The quantitative estimate of drug-likeness (QED) is 0.708. The Morgan fingerprint density at radius 2 is 2.00 bits per heavy atom. The van der Waals surface area contributed by atoms with E-state index in [0.717, 1.165) is 5.56 Å². The zero-order chi connectivity index (χ0) is 17.5. The number of rotatable bonds is 7. The van der Waals surface area contributed by atoms with Crippen molar-refractivity contribution in [1.82, 2.24) is 10.2 Å². The van der Waals surface area contributed by atoms with E-state index in [1.807, 2.05) is 37.3 Å². The lowest BCUT2D eigenvalue weighted by Gasteiger charge is -2.23. The predicted octanol–water partition coefficient (Wildman–Crippen LogP) is 1.73. The Hall–Kier alpha value is -2.08. The van der Waals surface area contributed by atoms with Gasteiger partial charge >= 0.3 is 12.0 Å². The largest absolute Gasteiger partial charge is 0.481 e. The lowest BCUT2D eigenvalue weighted by atomic mass is 10.00. The third-order valence-corrected chi connectivity index (χ3v) is 4.65. The highest BCUT2D eigenvalue weighted by atomic mass is 16.4. The zero-order valence-corrected chi connectivity index (χ0v) is 14.0. The minimum atomic E-state index is -0.863. The second-order valence-electron chi connectivity index (χ2n) is 6.59. The molecule has 0 radical (unpaired) electrons. The van der Waals surface area contributed by atoms with Crippen LogP contribution >= 0.6 is 0 Å². The molecule has 1 saturated heterocycles. The number of hydrogen-bond acceptors (Lipinski definition) is 3. The summed E-state index contributed by atoms with van der Waals surface area (Å²) in [4.78, 5) is 25.1. The van der Waals surface area contributed by atoms with E-state index in [1.54, 1.807) is 4.90 Å². The van der Waals surface area contributed by atoms with E-state index in [2.05, 4.69) is 5.32 Å². The van der Waals surface area contributed by atoms with Crippen LogP contribution in [0.5, 0.6) is 0 Å². The topological polar surface area (TPSA) is 89.9 Å². The van der Waals surface area contributed by atoms with Gasteiger partial charge in [-0.25, -0.2) is 4.79 Å². The Kier molecular flexibility index (Phi) is 6.61. The van der Waals surface area contributed by atoms with Gasteiger partial charge < -0.3 is 20.4 Å². The maximum absolute atomic E-state index is 12.5. The number of likely N-dealkylation sites (tertiary alicyclic amines) is 1. The zero-order valence-electron chi connectivity index (χ0n) is 14.0. The number of hydrogen-bond donors (Lipinski definition) is 3. The van der Waals surface area contributed by atoms with Gasteiger partial charge in [-0.05, 0) is 24.3 Å². The minimum absolute atomic E-state index is 0.0213. The van der Waals surface area contributed by atoms with Gasteiger partial charge in [0.05, 0.1) is 0 Å². The van der Waals surface area contributed by atoms with Gasteiger partial charge in [0.2, 0.25) is 0 Å². The average Bonchev–Trinajstić information content (AvgIpc) is 2.94. The van der Waals surface area contributed by atoms with E-state index >= 15 is 0 Å². The molecular formula is C18H26N2O4. The van der Waals surface area contributed by atoms with Gasteiger partial charge in [0.1, 0.15) is 0 Å². The molecule has 0 saturated carbocycles. The summed E-state index contributed by atoms with van der Waals surface area (Å²) in [5.41, 5.74) is 1.07. The van der Waals surface area contributed by atoms with Crippen LogP contribution in [0, 0.1) is 11.8 Å². The summed E-state index contributed by atoms with van der Waals surface area (Å²) >= 11 is 0. The molecule has 132 valence electrons. The highest BCUT2D eigenvalue weighted by Crippen LogP contribution is 2.22.